The lowest BCUT2D eigenvalue weighted by Crippen LogP contribution is -2.21. The molecule has 2 N–H and O–H groups in total. The normalized spacial score (nSPS) is 10.4. The molecule has 1 amide bonds. The molecule has 21 heavy (non-hydrogen) atoms. The third-order valence-corrected chi connectivity index (χ3v) is 3.30. The number of aryl methyl sites for hydroxylation is 3. The number of aromatic carboxylic acids is 1. The highest BCUT2D eigenvalue weighted by atomic mass is 16.4. The summed E-state index contributed by atoms with van der Waals surface area (Å²) < 4.78 is 1.41. The minimum Gasteiger partial charge on any atom is -0.477 e. The van der Waals surface area contributed by atoms with Crippen LogP contribution in [0.5, 0.6) is 0 Å². The van der Waals surface area contributed by atoms with E-state index in [-0.39, 0.29) is 18.1 Å². The van der Waals surface area contributed by atoms with Gasteiger partial charge in [-0.25, -0.2) is 4.79 Å². The van der Waals surface area contributed by atoms with Crippen molar-refractivity contribution >= 4 is 17.6 Å². The molecular weight excluding hydrogens is 268 g/mol. The molecule has 0 unspecified atom stereocenters. The maximum Gasteiger partial charge on any atom is 0.352 e. The molecule has 0 bridgehead atoms. The van der Waals surface area contributed by atoms with E-state index in [1.165, 1.54) is 10.6 Å². The summed E-state index contributed by atoms with van der Waals surface area (Å²) in [6.07, 6.45) is 1.58. The summed E-state index contributed by atoms with van der Waals surface area (Å²) in [6.45, 7) is 5.86. The van der Waals surface area contributed by atoms with E-state index in [9.17, 15) is 9.59 Å². The van der Waals surface area contributed by atoms with Crippen LogP contribution in [0.2, 0.25) is 0 Å². The Balaban J connectivity index is 2.16. The van der Waals surface area contributed by atoms with Crippen molar-refractivity contribution in [2.24, 2.45) is 0 Å². The number of carbonyl (C=O) groups excluding carboxylic acids is 1. The van der Waals surface area contributed by atoms with Gasteiger partial charge in [-0.3, -0.25) is 4.79 Å². The van der Waals surface area contributed by atoms with Gasteiger partial charge in [-0.15, -0.1) is 0 Å². The number of carboxylic acids is 1. The lowest BCUT2D eigenvalue weighted by molar-refractivity contribution is -0.116. The first-order chi connectivity index (χ1) is 9.88. The van der Waals surface area contributed by atoms with Gasteiger partial charge in [0.15, 0.2) is 0 Å². The minimum absolute atomic E-state index is 0.0264. The number of nitrogens with one attached hydrogen (secondary N) is 1. The van der Waals surface area contributed by atoms with Gasteiger partial charge in [0.2, 0.25) is 5.91 Å². The molecular formula is C16H18N2O3. The third kappa shape index (κ3) is 3.31. The predicted molar refractivity (Wildman–Crippen MR) is 80.7 cm³/mol. The quantitative estimate of drug-likeness (QED) is 0.907. The van der Waals surface area contributed by atoms with Crippen molar-refractivity contribution in [1.29, 1.82) is 0 Å². The van der Waals surface area contributed by atoms with Gasteiger partial charge in [0.25, 0.3) is 0 Å². The van der Waals surface area contributed by atoms with Gasteiger partial charge in [-0.1, -0.05) is 17.7 Å². The first kappa shape index (κ1) is 14.8. The molecule has 0 saturated carbocycles. The third-order valence-electron chi connectivity index (χ3n) is 3.30. The highest BCUT2D eigenvalue weighted by Crippen LogP contribution is 2.21. The Labute approximate surface area is 123 Å². The zero-order valence-corrected chi connectivity index (χ0v) is 12.3. The maximum absolute atomic E-state index is 12.1. The SMILES string of the molecule is Cc1cc(C)c(NC(=O)Cn2cccc2C(=O)O)c(C)c1. The summed E-state index contributed by atoms with van der Waals surface area (Å²) in [7, 11) is 0. The lowest BCUT2D eigenvalue weighted by atomic mass is 10.1. The van der Waals surface area contributed by atoms with E-state index in [2.05, 4.69) is 5.32 Å². The van der Waals surface area contributed by atoms with Crippen LogP contribution >= 0.6 is 0 Å². The van der Waals surface area contributed by atoms with E-state index in [0.29, 0.717) is 0 Å². The fourth-order valence-electron chi connectivity index (χ4n) is 2.46. The van der Waals surface area contributed by atoms with Crippen molar-refractivity contribution in [1.82, 2.24) is 4.57 Å². The Morgan fingerprint density at radius 3 is 2.38 bits per heavy atom. The summed E-state index contributed by atoms with van der Waals surface area (Å²) in [5.74, 6) is -1.29. The van der Waals surface area contributed by atoms with Crippen LogP contribution in [0.15, 0.2) is 30.5 Å². The highest BCUT2D eigenvalue weighted by molar-refractivity contribution is 5.93. The molecule has 5 nitrogen and oxygen atoms in total. The molecule has 110 valence electrons. The molecule has 5 heteroatoms. The first-order valence-electron chi connectivity index (χ1n) is 6.64. The van der Waals surface area contributed by atoms with E-state index in [0.717, 1.165) is 22.4 Å². The van der Waals surface area contributed by atoms with Crippen LogP contribution < -0.4 is 5.32 Å². The van der Waals surface area contributed by atoms with Gasteiger partial charge in [-0.2, -0.15) is 0 Å². The zero-order valence-electron chi connectivity index (χ0n) is 12.3. The van der Waals surface area contributed by atoms with Crippen LogP contribution in [-0.4, -0.2) is 21.6 Å². The van der Waals surface area contributed by atoms with Crippen LogP contribution in [0.25, 0.3) is 0 Å². The molecule has 0 radical (unpaired) electrons. The predicted octanol–water partition coefficient (Wildman–Crippen LogP) is 2.75. The number of amides is 1. The number of hydrogen-bond acceptors (Lipinski definition) is 2. The zero-order chi connectivity index (χ0) is 15.6. The number of carboxylic acid groups (broad SMARTS) is 1. The summed E-state index contributed by atoms with van der Waals surface area (Å²) in [6, 6.07) is 7.08. The second-order valence-electron chi connectivity index (χ2n) is 5.15. The summed E-state index contributed by atoms with van der Waals surface area (Å²) in [4.78, 5) is 23.1. The van der Waals surface area contributed by atoms with Crippen molar-refractivity contribution in [3.05, 3.63) is 52.8 Å². The topological polar surface area (TPSA) is 71.3 Å². The average molecular weight is 286 g/mol. The number of aromatic nitrogens is 1. The number of benzene rings is 1. The monoisotopic (exact) mass is 286 g/mol. The molecule has 0 saturated heterocycles. The second kappa shape index (κ2) is 5.83. The summed E-state index contributed by atoms with van der Waals surface area (Å²) in [5, 5.41) is 11.9. The Hall–Kier alpha value is -2.56. The van der Waals surface area contributed by atoms with E-state index >= 15 is 0 Å². The van der Waals surface area contributed by atoms with Gasteiger partial charge >= 0.3 is 5.97 Å². The number of nitrogens with zero attached hydrogens (tertiary/aromatic N) is 1. The van der Waals surface area contributed by atoms with Gasteiger partial charge in [0.1, 0.15) is 12.2 Å². The van der Waals surface area contributed by atoms with Crippen molar-refractivity contribution in [2.45, 2.75) is 27.3 Å². The number of carbonyl (C=O) groups is 2. The van der Waals surface area contributed by atoms with Crippen LogP contribution in [-0.2, 0) is 11.3 Å². The number of rotatable bonds is 4. The Morgan fingerprint density at radius 1 is 1.19 bits per heavy atom. The molecule has 2 aromatic rings. The van der Waals surface area contributed by atoms with Crippen LogP contribution in [0, 0.1) is 20.8 Å². The fourth-order valence-corrected chi connectivity index (χ4v) is 2.46. The van der Waals surface area contributed by atoms with Crippen molar-refractivity contribution in [2.75, 3.05) is 5.32 Å². The number of hydrogen-bond donors (Lipinski definition) is 2. The minimum atomic E-state index is -1.05. The average Bonchev–Trinajstić information content (AvgIpc) is 2.82. The maximum atomic E-state index is 12.1. The molecule has 0 aliphatic carbocycles. The van der Waals surface area contributed by atoms with E-state index in [4.69, 9.17) is 5.11 Å². The van der Waals surface area contributed by atoms with Gasteiger partial charge in [0.05, 0.1) is 0 Å². The Morgan fingerprint density at radius 2 is 1.81 bits per heavy atom. The van der Waals surface area contributed by atoms with Crippen LogP contribution in [0.4, 0.5) is 5.69 Å². The molecule has 0 atom stereocenters. The van der Waals surface area contributed by atoms with E-state index < -0.39 is 5.97 Å². The fraction of sp³-hybridized carbons (Fsp3) is 0.250. The second-order valence-corrected chi connectivity index (χ2v) is 5.15. The van der Waals surface area contributed by atoms with Crippen LogP contribution in [0.3, 0.4) is 0 Å². The molecule has 0 aliphatic rings. The Kier molecular flexibility index (Phi) is 4.12. The molecule has 1 aromatic carbocycles. The molecule has 1 aromatic heterocycles. The molecule has 0 spiro atoms. The molecule has 1 heterocycles. The summed E-state index contributed by atoms with van der Waals surface area (Å²) in [5.41, 5.74) is 4.01. The van der Waals surface area contributed by atoms with E-state index in [1.54, 1.807) is 12.3 Å². The molecule has 0 aliphatic heterocycles. The molecule has 0 fully saturated rings. The standard InChI is InChI=1S/C16H18N2O3/c1-10-7-11(2)15(12(3)8-10)17-14(19)9-18-6-4-5-13(18)16(20)21/h4-8H,9H2,1-3H3,(H,17,19)(H,20,21). The van der Waals surface area contributed by atoms with Crippen molar-refractivity contribution in [3.8, 4) is 0 Å². The summed E-state index contributed by atoms with van der Waals surface area (Å²) >= 11 is 0. The Bertz CT molecular complexity index is 678. The smallest absolute Gasteiger partial charge is 0.352 e. The number of anilines is 1. The van der Waals surface area contributed by atoms with Gasteiger partial charge < -0.3 is 15.0 Å². The van der Waals surface area contributed by atoms with Crippen LogP contribution in [0.1, 0.15) is 27.2 Å². The molecule has 2 rings (SSSR count). The van der Waals surface area contributed by atoms with Gasteiger partial charge in [-0.05, 0) is 44.0 Å². The largest absolute Gasteiger partial charge is 0.477 e. The lowest BCUT2D eigenvalue weighted by Gasteiger charge is -2.13. The highest BCUT2D eigenvalue weighted by Gasteiger charge is 2.13. The van der Waals surface area contributed by atoms with Gasteiger partial charge in [0, 0.05) is 11.9 Å². The first-order valence-corrected chi connectivity index (χ1v) is 6.64. The van der Waals surface area contributed by atoms with Crippen molar-refractivity contribution in [3.63, 3.8) is 0 Å². The van der Waals surface area contributed by atoms with Crippen molar-refractivity contribution < 1.29 is 14.7 Å². The van der Waals surface area contributed by atoms with E-state index in [1.807, 2.05) is 32.9 Å².